The van der Waals surface area contributed by atoms with Crippen LogP contribution in [0.4, 0.5) is 10.1 Å². The molecule has 0 spiro atoms. The van der Waals surface area contributed by atoms with Gasteiger partial charge in [0.25, 0.3) is 5.69 Å². The first-order valence-corrected chi connectivity index (χ1v) is 7.71. The predicted octanol–water partition coefficient (Wildman–Crippen LogP) is 5.37. The largest absolute Gasteiger partial charge is 0.457 e. The third kappa shape index (κ3) is 3.37. The Morgan fingerprint density at radius 3 is 2.69 bits per heavy atom. The van der Waals surface area contributed by atoms with Crippen LogP contribution >= 0.6 is 0 Å². The second-order valence-electron chi connectivity index (χ2n) is 5.61. The van der Waals surface area contributed by atoms with E-state index in [9.17, 15) is 19.8 Å². The molecule has 3 rings (SSSR count). The van der Waals surface area contributed by atoms with Crippen LogP contribution in [0.25, 0.3) is 23.0 Å². The summed E-state index contributed by atoms with van der Waals surface area (Å²) in [5, 5.41) is 20.4. The summed E-state index contributed by atoms with van der Waals surface area (Å²) in [6.45, 7) is 1.66. The lowest BCUT2D eigenvalue weighted by Crippen LogP contribution is -1.91. The molecule has 0 aliphatic heterocycles. The molecule has 0 saturated heterocycles. The summed E-state index contributed by atoms with van der Waals surface area (Å²) in [7, 11) is 0. The Hall–Kier alpha value is -3.72. The minimum Gasteiger partial charge on any atom is -0.457 e. The summed E-state index contributed by atoms with van der Waals surface area (Å²) < 4.78 is 19.5. The first kappa shape index (κ1) is 17.1. The lowest BCUT2D eigenvalue weighted by molar-refractivity contribution is -0.385. The third-order valence-corrected chi connectivity index (χ3v) is 3.89. The highest BCUT2D eigenvalue weighted by atomic mass is 19.1. The molecule has 0 unspecified atom stereocenters. The number of nitriles is 1. The highest BCUT2D eigenvalue weighted by Crippen LogP contribution is 2.29. The summed E-state index contributed by atoms with van der Waals surface area (Å²) in [6, 6.07) is 16.0. The Labute approximate surface area is 148 Å². The van der Waals surface area contributed by atoms with Gasteiger partial charge in [-0.2, -0.15) is 5.26 Å². The predicted molar refractivity (Wildman–Crippen MR) is 95.4 cm³/mol. The average molecular weight is 348 g/mol. The van der Waals surface area contributed by atoms with Crippen molar-refractivity contribution in [3.8, 4) is 17.4 Å². The number of nitro benzene ring substituents is 1. The SMILES string of the molecule is Cc1ccc(-c2ccc(/C=C(/C#N)c3ccccc3F)o2)cc1[N+](=O)[O-]. The van der Waals surface area contributed by atoms with Gasteiger partial charge in [0.2, 0.25) is 0 Å². The van der Waals surface area contributed by atoms with E-state index >= 15 is 0 Å². The lowest BCUT2D eigenvalue weighted by Gasteiger charge is -2.01. The van der Waals surface area contributed by atoms with Crippen LogP contribution in [0.15, 0.2) is 59.0 Å². The van der Waals surface area contributed by atoms with Crippen molar-refractivity contribution in [1.29, 1.82) is 5.26 Å². The number of furan rings is 1. The second-order valence-corrected chi connectivity index (χ2v) is 5.61. The highest BCUT2D eigenvalue weighted by Gasteiger charge is 2.14. The number of nitro groups is 1. The quantitative estimate of drug-likeness (QED) is 0.361. The van der Waals surface area contributed by atoms with E-state index in [-0.39, 0.29) is 16.8 Å². The van der Waals surface area contributed by atoms with E-state index in [0.29, 0.717) is 22.6 Å². The molecule has 0 aliphatic rings. The maximum atomic E-state index is 13.9. The zero-order valence-electron chi connectivity index (χ0n) is 13.8. The second kappa shape index (κ2) is 7.03. The molecule has 0 atom stereocenters. The van der Waals surface area contributed by atoms with Gasteiger partial charge < -0.3 is 4.42 Å². The van der Waals surface area contributed by atoms with Crippen molar-refractivity contribution < 1.29 is 13.7 Å². The van der Waals surface area contributed by atoms with Crippen LogP contribution in [0.2, 0.25) is 0 Å². The van der Waals surface area contributed by atoms with Gasteiger partial charge in [-0.25, -0.2) is 4.39 Å². The van der Waals surface area contributed by atoms with Gasteiger partial charge in [0.05, 0.1) is 16.6 Å². The molecule has 0 radical (unpaired) electrons. The molecule has 6 heteroatoms. The molecule has 26 heavy (non-hydrogen) atoms. The number of rotatable bonds is 4. The van der Waals surface area contributed by atoms with E-state index in [1.807, 2.05) is 6.07 Å². The molecule has 2 aromatic carbocycles. The van der Waals surface area contributed by atoms with Crippen molar-refractivity contribution >= 4 is 17.3 Å². The van der Waals surface area contributed by atoms with Gasteiger partial charge in [0.15, 0.2) is 0 Å². The zero-order chi connectivity index (χ0) is 18.7. The van der Waals surface area contributed by atoms with Gasteiger partial charge in [-0.05, 0) is 31.2 Å². The van der Waals surface area contributed by atoms with E-state index in [0.717, 1.165) is 0 Å². The molecular formula is C20H13FN2O3. The molecule has 0 bridgehead atoms. The van der Waals surface area contributed by atoms with Gasteiger partial charge in [0.1, 0.15) is 17.3 Å². The molecule has 0 amide bonds. The van der Waals surface area contributed by atoms with Crippen LogP contribution in [-0.2, 0) is 0 Å². The standard InChI is InChI=1S/C20H13FN2O3/c1-13-6-7-14(11-19(13)23(24)25)20-9-8-16(26-20)10-15(12-22)17-4-2-3-5-18(17)21/h2-11H,1H3/b15-10-. The Morgan fingerprint density at radius 1 is 1.23 bits per heavy atom. The molecule has 5 nitrogen and oxygen atoms in total. The molecule has 0 fully saturated rings. The first-order chi connectivity index (χ1) is 12.5. The topological polar surface area (TPSA) is 80.1 Å². The monoisotopic (exact) mass is 348 g/mol. The van der Waals surface area contributed by atoms with E-state index < -0.39 is 10.7 Å². The molecule has 128 valence electrons. The smallest absolute Gasteiger partial charge is 0.273 e. The zero-order valence-corrected chi connectivity index (χ0v) is 13.8. The molecular weight excluding hydrogens is 335 g/mol. The molecule has 0 aliphatic carbocycles. The van der Waals surface area contributed by atoms with Crippen LogP contribution in [0.3, 0.4) is 0 Å². The van der Waals surface area contributed by atoms with Gasteiger partial charge in [-0.15, -0.1) is 0 Å². The summed E-state index contributed by atoms with van der Waals surface area (Å²) >= 11 is 0. The number of halogens is 1. The number of hydrogen-bond acceptors (Lipinski definition) is 4. The summed E-state index contributed by atoms with van der Waals surface area (Å²) in [6.07, 6.45) is 1.44. The Morgan fingerprint density at radius 2 is 2.00 bits per heavy atom. The van der Waals surface area contributed by atoms with Crippen LogP contribution in [0.1, 0.15) is 16.9 Å². The lowest BCUT2D eigenvalue weighted by atomic mass is 10.1. The van der Waals surface area contributed by atoms with Gasteiger partial charge in [-0.1, -0.05) is 30.3 Å². The maximum absolute atomic E-state index is 13.9. The van der Waals surface area contributed by atoms with Crippen molar-refractivity contribution in [2.45, 2.75) is 6.92 Å². The van der Waals surface area contributed by atoms with Crippen LogP contribution in [0.5, 0.6) is 0 Å². The van der Waals surface area contributed by atoms with E-state index in [1.54, 1.807) is 43.3 Å². The van der Waals surface area contributed by atoms with Crippen LogP contribution < -0.4 is 0 Å². The van der Waals surface area contributed by atoms with Crippen molar-refractivity contribution in [1.82, 2.24) is 0 Å². The van der Waals surface area contributed by atoms with Crippen LogP contribution in [0, 0.1) is 34.2 Å². The van der Waals surface area contributed by atoms with Gasteiger partial charge in [-0.3, -0.25) is 10.1 Å². The van der Waals surface area contributed by atoms with Crippen molar-refractivity contribution in [2.75, 3.05) is 0 Å². The minimum absolute atomic E-state index is 0.0000580. The Kier molecular flexibility index (Phi) is 4.63. The number of allylic oxidation sites excluding steroid dienone is 1. The Balaban J connectivity index is 1.98. The van der Waals surface area contributed by atoms with E-state index in [2.05, 4.69) is 0 Å². The fourth-order valence-corrected chi connectivity index (χ4v) is 2.54. The van der Waals surface area contributed by atoms with Crippen LogP contribution in [-0.4, -0.2) is 4.92 Å². The average Bonchev–Trinajstić information content (AvgIpc) is 3.09. The fourth-order valence-electron chi connectivity index (χ4n) is 2.54. The minimum atomic E-state index is -0.499. The maximum Gasteiger partial charge on any atom is 0.273 e. The third-order valence-electron chi connectivity index (χ3n) is 3.89. The molecule has 1 aromatic heterocycles. The first-order valence-electron chi connectivity index (χ1n) is 7.71. The summed E-state index contributed by atoms with van der Waals surface area (Å²) in [5.41, 5.74) is 1.40. The number of benzene rings is 2. The van der Waals surface area contributed by atoms with Crippen molar-refractivity contribution in [3.05, 3.63) is 87.4 Å². The molecule has 0 saturated carbocycles. The fraction of sp³-hybridized carbons (Fsp3) is 0.0500. The molecule has 1 heterocycles. The Bertz CT molecular complexity index is 1060. The number of aryl methyl sites for hydroxylation is 1. The van der Waals surface area contributed by atoms with Gasteiger partial charge >= 0.3 is 0 Å². The van der Waals surface area contributed by atoms with E-state index in [1.165, 1.54) is 24.3 Å². The number of nitrogens with zero attached hydrogens (tertiary/aromatic N) is 2. The van der Waals surface area contributed by atoms with Gasteiger partial charge in [0, 0.05) is 22.8 Å². The molecule has 3 aromatic rings. The highest BCUT2D eigenvalue weighted by molar-refractivity contribution is 5.89. The summed E-state index contributed by atoms with van der Waals surface area (Å²) in [5.74, 6) is 0.273. The molecule has 0 N–H and O–H groups in total. The van der Waals surface area contributed by atoms with Crippen molar-refractivity contribution in [3.63, 3.8) is 0 Å². The van der Waals surface area contributed by atoms with E-state index in [4.69, 9.17) is 4.42 Å². The van der Waals surface area contributed by atoms with Crippen molar-refractivity contribution in [2.24, 2.45) is 0 Å². The summed E-state index contributed by atoms with van der Waals surface area (Å²) in [4.78, 5) is 10.6. The number of hydrogen-bond donors (Lipinski definition) is 0. The normalized spacial score (nSPS) is 11.2.